The average Bonchev–Trinajstić information content (AvgIpc) is 2.72. The zero-order valence-electron chi connectivity index (χ0n) is 9.76. The Morgan fingerprint density at radius 3 is 2.83 bits per heavy atom. The van der Waals surface area contributed by atoms with Gasteiger partial charge < -0.3 is 5.73 Å². The minimum Gasteiger partial charge on any atom is -0.398 e. The standard InChI is InChI=1S/C13H11FN4/c1-8-5-11(15)7-18-12(8)16-17-13(18)9-3-2-4-10(14)6-9/h2-7H,15H2,1H3. The Morgan fingerprint density at radius 2 is 2.06 bits per heavy atom. The number of aryl methyl sites for hydroxylation is 1. The summed E-state index contributed by atoms with van der Waals surface area (Å²) < 4.78 is 15.0. The van der Waals surface area contributed by atoms with E-state index < -0.39 is 0 Å². The molecular formula is C13H11FN4. The number of fused-ring (bicyclic) bond motifs is 1. The van der Waals surface area contributed by atoms with Crippen LogP contribution in [0.4, 0.5) is 10.1 Å². The molecule has 0 aliphatic rings. The van der Waals surface area contributed by atoms with E-state index in [2.05, 4.69) is 10.2 Å². The largest absolute Gasteiger partial charge is 0.398 e. The number of pyridine rings is 1. The summed E-state index contributed by atoms with van der Waals surface area (Å²) in [6.45, 7) is 1.91. The van der Waals surface area contributed by atoms with E-state index in [1.807, 2.05) is 13.0 Å². The number of nitrogens with two attached hydrogens (primary N) is 1. The maximum absolute atomic E-state index is 13.2. The van der Waals surface area contributed by atoms with Crippen molar-refractivity contribution in [3.63, 3.8) is 0 Å². The molecule has 0 amide bonds. The molecule has 0 unspecified atom stereocenters. The third-order valence-electron chi connectivity index (χ3n) is 2.79. The number of hydrogen-bond acceptors (Lipinski definition) is 3. The highest BCUT2D eigenvalue weighted by molar-refractivity contribution is 5.63. The number of benzene rings is 1. The normalized spacial score (nSPS) is 11.0. The Labute approximate surface area is 103 Å². The van der Waals surface area contributed by atoms with E-state index >= 15 is 0 Å². The Hall–Kier alpha value is -2.43. The number of hydrogen-bond donors (Lipinski definition) is 1. The van der Waals surface area contributed by atoms with Gasteiger partial charge in [0.2, 0.25) is 0 Å². The first-order chi connectivity index (χ1) is 8.65. The Bertz CT molecular complexity index is 733. The van der Waals surface area contributed by atoms with Gasteiger partial charge in [-0.05, 0) is 30.7 Å². The van der Waals surface area contributed by atoms with E-state index in [1.54, 1.807) is 22.7 Å². The first-order valence-corrected chi connectivity index (χ1v) is 5.52. The van der Waals surface area contributed by atoms with Gasteiger partial charge in [0.15, 0.2) is 11.5 Å². The molecule has 2 aromatic heterocycles. The molecular weight excluding hydrogens is 231 g/mol. The lowest BCUT2D eigenvalue weighted by molar-refractivity contribution is 0.628. The molecule has 3 aromatic rings. The van der Waals surface area contributed by atoms with Gasteiger partial charge in [0.05, 0.1) is 0 Å². The summed E-state index contributed by atoms with van der Waals surface area (Å²) in [5.74, 6) is 0.282. The van der Waals surface area contributed by atoms with Crippen molar-refractivity contribution in [2.24, 2.45) is 0 Å². The van der Waals surface area contributed by atoms with E-state index in [-0.39, 0.29) is 5.82 Å². The topological polar surface area (TPSA) is 56.2 Å². The lowest BCUT2D eigenvalue weighted by Crippen LogP contribution is -1.95. The third kappa shape index (κ3) is 1.60. The van der Waals surface area contributed by atoms with Crippen molar-refractivity contribution < 1.29 is 4.39 Å². The van der Waals surface area contributed by atoms with E-state index in [4.69, 9.17) is 5.73 Å². The summed E-state index contributed by atoms with van der Waals surface area (Å²) in [5, 5.41) is 8.20. The number of rotatable bonds is 1. The SMILES string of the molecule is Cc1cc(N)cn2c(-c3cccc(F)c3)nnc12. The number of nitrogen functional groups attached to an aromatic ring is 1. The van der Waals surface area contributed by atoms with Gasteiger partial charge in [0, 0.05) is 17.4 Å². The number of anilines is 1. The van der Waals surface area contributed by atoms with Gasteiger partial charge in [-0.1, -0.05) is 12.1 Å². The number of aromatic nitrogens is 3. The molecule has 0 atom stereocenters. The molecule has 0 saturated heterocycles. The Kier molecular flexibility index (Phi) is 2.26. The van der Waals surface area contributed by atoms with E-state index in [0.717, 1.165) is 11.2 Å². The molecule has 4 nitrogen and oxygen atoms in total. The lowest BCUT2D eigenvalue weighted by Gasteiger charge is -2.03. The fourth-order valence-corrected chi connectivity index (χ4v) is 2.01. The highest BCUT2D eigenvalue weighted by Gasteiger charge is 2.10. The van der Waals surface area contributed by atoms with Crippen LogP contribution in [0.5, 0.6) is 0 Å². The molecule has 0 bridgehead atoms. The zero-order chi connectivity index (χ0) is 12.7. The molecule has 0 saturated carbocycles. The predicted octanol–water partition coefficient (Wildman–Crippen LogP) is 2.43. The van der Waals surface area contributed by atoms with Crippen LogP contribution in [-0.2, 0) is 0 Å². The second-order valence-electron chi connectivity index (χ2n) is 4.18. The fourth-order valence-electron chi connectivity index (χ4n) is 2.01. The zero-order valence-corrected chi connectivity index (χ0v) is 9.76. The monoisotopic (exact) mass is 242 g/mol. The Balaban J connectivity index is 2.30. The summed E-state index contributed by atoms with van der Waals surface area (Å²) in [6, 6.07) is 8.09. The van der Waals surface area contributed by atoms with Crippen LogP contribution in [0.3, 0.4) is 0 Å². The first-order valence-electron chi connectivity index (χ1n) is 5.52. The molecule has 18 heavy (non-hydrogen) atoms. The van der Waals surface area contributed by atoms with Crippen LogP contribution in [-0.4, -0.2) is 14.6 Å². The summed E-state index contributed by atoms with van der Waals surface area (Å²) >= 11 is 0. The van der Waals surface area contributed by atoms with Crippen molar-refractivity contribution in [1.82, 2.24) is 14.6 Å². The van der Waals surface area contributed by atoms with Gasteiger partial charge in [0.1, 0.15) is 5.82 Å². The van der Waals surface area contributed by atoms with Crippen LogP contribution in [0.1, 0.15) is 5.56 Å². The third-order valence-corrected chi connectivity index (χ3v) is 2.79. The number of nitrogens with zero attached hydrogens (tertiary/aromatic N) is 3. The highest BCUT2D eigenvalue weighted by Crippen LogP contribution is 2.22. The molecule has 2 heterocycles. The molecule has 0 spiro atoms. The lowest BCUT2D eigenvalue weighted by atomic mass is 10.2. The van der Waals surface area contributed by atoms with E-state index in [0.29, 0.717) is 17.1 Å². The molecule has 0 aliphatic carbocycles. The van der Waals surface area contributed by atoms with Crippen LogP contribution in [0, 0.1) is 12.7 Å². The van der Waals surface area contributed by atoms with Crippen LogP contribution in [0.2, 0.25) is 0 Å². The van der Waals surface area contributed by atoms with E-state index in [9.17, 15) is 4.39 Å². The molecule has 0 radical (unpaired) electrons. The minimum absolute atomic E-state index is 0.301. The van der Waals surface area contributed by atoms with Gasteiger partial charge in [0.25, 0.3) is 0 Å². The molecule has 0 fully saturated rings. The van der Waals surface area contributed by atoms with Gasteiger partial charge >= 0.3 is 0 Å². The highest BCUT2D eigenvalue weighted by atomic mass is 19.1. The molecule has 1 aromatic carbocycles. The first kappa shape index (κ1) is 10.7. The van der Waals surface area contributed by atoms with Gasteiger partial charge in [-0.3, -0.25) is 4.40 Å². The second kappa shape index (κ2) is 3.80. The summed E-state index contributed by atoms with van der Waals surface area (Å²) in [5.41, 5.74) is 8.77. The van der Waals surface area contributed by atoms with Crippen molar-refractivity contribution in [2.75, 3.05) is 5.73 Å². The van der Waals surface area contributed by atoms with Crippen molar-refractivity contribution in [3.8, 4) is 11.4 Å². The van der Waals surface area contributed by atoms with Gasteiger partial charge in [-0.25, -0.2) is 4.39 Å². The van der Waals surface area contributed by atoms with Crippen LogP contribution >= 0.6 is 0 Å². The average molecular weight is 242 g/mol. The molecule has 90 valence electrons. The van der Waals surface area contributed by atoms with Crippen molar-refractivity contribution in [1.29, 1.82) is 0 Å². The maximum Gasteiger partial charge on any atom is 0.168 e. The summed E-state index contributed by atoms with van der Waals surface area (Å²) in [7, 11) is 0. The van der Waals surface area contributed by atoms with Crippen molar-refractivity contribution >= 4 is 11.3 Å². The predicted molar refractivity (Wildman–Crippen MR) is 67.5 cm³/mol. The Morgan fingerprint density at radius 1 is 1.22 bits per heavy atom. The molecule has 5 heteroatoms. The molecule has 2 N–H and O–H groups in total. The van der Waals surface area contributed by atoms with Gasteiger partial charge in [-0.2, -0.15) is 0 Å². The second-order valence-corrected chi connectivity index (χ2v) is 4.18. The molecule has 3 rings (SSSR count). The van der Waals surface area contributed by atoms with Crippen LogP contribution in [0.25, 0.3) is 17.0 Å². The van der Waals surface area contributed by atoms with Crippen LogP contribution < -0.4 is 5.73 Å². The summed E-state index contributed by atoms with van der Waals surface area (Å²) in [6.07, 6.45) is 1.74. The smallest absolute Gasteiger partial charge is 0.168 e. The van der Waals surface area contributed by atoms with Gasteiger partial charge in [-0.15, -0.1) is 10.2 Å². The molecule has 0 aliphatic heterocycles. The van der Waals surface area contributed by atoms with Crippen LogP contribution in [0.15, 0.2) is 36.5 Å². The fraction of sp³-hybridized carbons (Fsp3) is 0.0769. The summed E-state index contributed by atoms with van der Waals surface area (Å²) in [4.78, 5) is 0. The van der Waals surface area contributed by atoms with Crippen molar-refractivity contribution in [2.45, 2.75) is 6.92 Å². The van der Waals surface area contributed by atoms with E-state index in [1.165, 1.54) is 12.1 Å². The van der Waals surface area contributed by atoms with Crippen molar-refractivity contribution in [3.05, 3.63) is 47.9 Å². The maximum atomic E-state index is 13.2. The quantitative estimate of drug-likeness (QED) is 0.713. The minimum atomic E-state index is -0.301. The number of halogens is 1.